The number of thiocarbonyl (C=S) groups is 1. The average molecular weight is 511 g/mol. The number of furan rings is 1. The second kappa shape index (κ2) is 11.2. The molecule has 0 saturated carbocycles. The highest BCUT2D eigenvalue weighted by molar-refractivity contribution is 7.80. The van der Waals surface area contributed by atoms with Crippen molar-refractivity contribution in [3.8, 4) is 17.1 Å². The number of aliphatic hydroxyl groups excluding tert-OH is 1. The van der Waals surface area contributed by atoms with Crippen LogP contribution in [-0.4, -0.2) is 41.2 Å². The minimum atomic E-state index is -0.575. The minimum Gasteiger partial charge on any atom is -0.495 e. The van der Waals surface area contributed by atoms with Gasteiger partial charge in [0.1, 0.15) is 29.6 Å². The molecule has 36 heavy (non-hydrogen) atoms. The van der Waals surface area contributed by atoms with Gasteiger partial charge in [-0.15, -0.1) is 0 Å². The van der Waals surface area contributed by atoms with Crippen molar-refractivity contribution in [2.24, 2.45) is 0 Å². The molecule has 1 amide bonds. The van der Waals surface area contributed by atoms with Gasteiger partial charge in [-0.3, -0.25) is 20.2 Å². The van der Waals surface area contributed by atoms with E-state index in [1.807, 2.05) is 4.90 Å². The third kappa shape index (κ3) is 5.64. The van der Waals surface area contributed by atoms with Gasteiger partial charge in [-0.2, -0.15) is 0 Å². The number of benzene rings is 2. The fourth-order valence-corrected chi connectivity index (χ4v) is 4.32. The first-order valence-corrected chi connectivity index (χ1v) is 11.8. The molecule has 1 aliphatic heterocycles. The van der Waals surface area contributed by atoms with Gasteiger partial charge in [0.25, 0.3) is 11.6 Å². The summed E-state index contributed by atoms with van der Waals surface area (Å²) in [5.41, 5.74) is 1.71. The Balaban J connectivity index is 1.49. The molecule has 188 valence electrons. The van der Waals surface area contributed by atoms with Crippen molar-refractivity contribution in [1.82, 2.24) is 5.32 Å². The Morgan fingerprint density at radius 3 is 2.61 bits per heavy atom. The molecule has 10 nitrogen and oxygen atoms in total. The fraction of sp³-hybridized carbons (Fsp3) is 0.280. The average Bonchev–Trinajstić information content (AvgIpc) is 3.38. The van der Waals surface area contributed by atoms with Crippen LogP contribution in [0.1, 0.15) is 35.4 Å². The van der Waals surface area contributed by atoms with Gasteiger partial charge in [-0.1, -0.05) is 0 Å². The number of amides is 1. The van der Waals surface area contributed by atoms with Crippen molar-refractivity contribution >= 4 is 40.3 Å². The van der Waals surface area contributed by atoms with E-state index < -0.39 is 10.8 Å². The van der Waals surface area contributed by atoms with Gasteiger partial charge in [-0.25, -0.2) is 0 Å². The van der Waals surface area contributed by atoms with Gasteiger partial charge in [0.05, 0.1) is 17.7 Å². The number of aliphatic hydroxyl groups is 1. The van der Waals surface area contributed by atoms with E-state index in [-0.39, 0.29) is 23.0 Å². The van der Waals surface area contributed by atoms with Crippen LogP contribution < -0.4 is 20.3 Å². The molecular weight excluding hydrogens is 484 g/mol. The monoisotopic (exact) mass is 510 g/mol. The number of anilines is 2. The van der Waals surface area contributed by atoms with Gasteiger partial charge in [0.15, 0.2) is 5.11 Å². The lowest BCUT2D eigenvalue weighted by Gasteiger charge is -2.28. The van der Waals surface area contributed by atoms with Crippen molar-refractivity contribution in [2.75, 3.05) is 30.4 Å². The Morgan fingerprint density at radius 2 is 1.94 bits per heavy atom. The van der Waals surface area contributed by atoms with E-state index in [0.717, 1.165) is 32.4 Å². The molecule has 3 aromatic rings. The summed E-state index contributed by atoms with van der Waals surface area (Å²) < 4.78 is 11.0. The van der Waals surface area contributed by atoms with E-state index in [1.165, 1.54) is 13.2 Å². The number of nitro groups is 1. The van der Waals surface area contributed by atoms with E-state index in [1.54, 1.807) is 42.5 Å². The SMILES string of the molecule is COc1ccc(-c2ccc(CO)o2)cc1NC(=S)NC(=O)c1ccc(N2CCCCC2)c([N+](=O)[O-])c1. The Morgan fingerprint density at radius 1 is 1.17 bits per heavy atom. The molecule has 0 aliphatic carbocycles. The first kappa shape index (κ1) is 25.1. The van der Waals surface area contributed by atoms with E-state index in [9.17, 15) is 20.0 Å². The van der Waals surface area contributed by atoms with Crippen molar-refractivity contribution in [2.45, 2.75) is 25.9 Å². The number of nitrogens with one attached hydrogen (secondary N) is 2. The predicted molar refractivity (Wildman–Crippen MR) is 139 cm³/mol. The molecule has 11 heteroatoms. The maximum atomic E-state index is 12.8. The van der Waals surface area contributed by atoms with Crippen LogP contribution in [0.3, 0.4) is 0 Å². The summed E-state index contributed by atoms with van der Waals surface area (Å²) in [6, 6.07) is 13.1. The van der Waals surface area contributed by atoms with E-state index >= 15 is 0 Å². The zero-order valence-corrected chi connectivity index (χ0v) is 20.5. The lowest BCUT2D eigenvalue weighted by Crippen LogP contribution is -2.34. The number of ether oxygens (including phenoxy) is 1. The second-order valence-corrected chi connectivity index (χ2v) is 8.66. The number of nitro benzene ring substituents is 1. The summed E-state index contributed by atoms with van der Waals surface area (Å²) in [6.07, 6.45) is 3.06. The van der Waals surface area contributed by atoms with Crippen LogP contribution in [0.15, 0.2) is 52.9 Å². The van der Waals surface area contributed by atoms with Crippen LogP contribution in [0, 0.1) is 10.1 Å². The molecule has 0 unspecified atom stereocenters. The highest BCUT2D eigenvalue weighted by atomic mass is 32.1. The van der Waals surface area contributed by atoms with Crippen molar-refractivity contribution in [3.63, 3.8) is 0 Å². The van der Waals surface area contributed by atoms with Crippen LogP contribution in [0.2, 0.25) is 0 Å². The first-order valence-electron chi connectivity index (χ1n) is 11.4. The summed E-state index contributed by atoms with van der Waals surface area (Å²) in [7, 11) is 1.50. The van der Waals surface area contributed by atoms with E-state index in [2.05, 4.69) is 10.6 Å². The molecule has 0 bridgehead atoms. The van der Waals surface area contributed by atoms with Crippen molar-refractivity contribution < 1.29 is 24.0 Å². The van der Waals surface area contributed by atoms with Crippen molar-refractivity contribution in [1.29, 1.82) is 0 Å². The third-order valence-corrected chi connectivity index (χ3v) is 6.11. The molecular formula is C25H26N4O6S. The maximum Gasteiger partial charge on any atom is 0.293 e. The van der Waals surface area contributed by atoms with E-state index in [0.29, 0.717) is 34.2 Å². The number of carbonyl (C=O) groups is 1. The molecule has 3 N–H and O–H groups in total. The molecule has 0 atom stereocenters. The van der Waals surface area contributed by atoms with Crippen LogP contribution in [-0.2, 0) is 6.61 Å². The summed E-state index contributed by atoms with van der Waals surface area (Å²) in [5, 5.41) is 26.4. The van der Waals surface area contributed by atoms with Gasteiger partial charge in [-0.05, 0) is 73.9 Å². The zero-order valence-electron chi connectivity index (χ0n) is 19.7. The molecule has 1 fully saturated rings. The van der Waals surface area contributed by atoms with Gasteiger partial charge < -0.3 is 24.5 Å². The van der Waals surface area contributed by atoms with Crippen LogP contribution in [0.4, 0.5) is 17.1 Å². The summed E-state index contributed by atoms with van der Waals surface area (Å²) in [5.74, 6) is 0.875. The maximum absolute atomic E-state index is 12.8. The second-order valence-electron chi connectivity index (χ2n) is 8.26. The molecule has 2 heterocycles. The molecule has 2 aromatic carbocycles. The number of rotatable bonds is 7. The quantitative estimate of drug-likeness (QED) is 0.239. The molecule has 1 saturated heterocycles. The smallest absolute Gasteiger partial charge is 0.293 e. The highest BCUT2D eigenvalue weighted by Gasteiger charge is 2.23. The van der Waals surface area contributed by atoms with E-state index in [4.69, 9.17) is 21.4 Å². The molecule has 4 rings (SSSR count). The largest absolute Gasteiger partial charge is 0.495 e. The topological polar surface area (TPSA) is 130 Å². The Labute approximate surface area is 213 Å². The summed E-state index contributed by atoms with van der Waals surface area (Å²) in [4.78, 5) is 26.1. The lowest BCUT2D eigenvalue weighted by atomic mass is 10.1. The highest BCUT2D eigenvalue weighted by Crippen LogP contribution is 2.33. The first-order chi connectivity index (χ1) is 17.4. The Hall–Kier alpha value is -3.96. The number of hydrogen-bond donors (Lipinski definition) is 3. The normalized spacial score (nSPS) is 13.2. The van der Waals surface area contributed by atoms with Crippen molar-refractivity contribution in [3.05, 3.63) is 70.0 Å². The Kier molecular flexibility index (Phi) is 7.81. The van der Waals surface area contributed by atoms with Gasteiger partial charge in [0, 0.05) is 30.3 Å². The number of methoxy groups -OCH3 is 1. The summed E-state index contributed by atoms with van der Waals surface area (Å²) >= 11 is 5.32. The summed E-state index contributed by atoms with van der Waals surface area (Å²) in [6.45, 7) is 1.29. The number of carbonyl (C=O) groups excluding carboxylic acids is 1. The lowest BCUT2D eigenvalue weighted by molar-refractivity contribution is -0.384. The number of piperidine rings is 1. The molecule has 0 radical (unpaired) electrons. The van der Waals surface area contributed by atoms with Crippen LogP contribution in [0.5, 0.6) is 5.75 Å². The molecule has 0 spiro atoms. The van der Waals surface area contributed by atoms with Crippen LogP contribution >= 0.6 is 12.2 Å². The van der Waals surface area contributed by atoms with Gasteiger partial charge in [0.2, 0.25) is 0 Å². The Bertz CT molecular complexity index is 1290. The molecule has 1 aliphatic rings. The molecule has 1 aromatic heterocycles. The van der Waals surface area contributed by atoms with Gasteiger partial charge >= 0.3 is 0 Å². The standard InChI is InChI=1S/C25H26N4O6S/c1-34-23-9-6-16(22-10-7-18(15-30)35-22)13-19(23)26-25(36)27-24(31)17-5-8-20(21(14-17)29(32)33)28-11-3-2-4-12-28/h5-10,13-14,30H,2-4,11-12,15H2,1H3,(H2,26,27,31,36). The zero-order chi connectivity index (χ0) is 25.7. The number of nitrogens with zero attached hydrogens (tertiary/aromatic N) is 2. The fourth-order valence-electron chi connectivity index (χ4n) is 4.12. The number of hydrogen-bond acceptors (Lipinski definition) is 8. The predicted octanol–water partition coefficient (Wildman–Crippen LogP) is 4.47. The third-order valence-electron chi connectivity index (χ3n) is 5.91. The minimum absolute atomic E-state index is 0.00583. The van der Waals surface area contributed by atoms with Crippen LogP contribution in [0.25, 0.3) is 11.3 Å².